The van der Waals surface area contributed by atoms with Crippen molar-refractivity contribution in [2.75, 3.05) is 19.0 Å². The van der Waals surface area contributed by atoms with E-state index in [0.717, 1.165) is 6.54 Å². The number of rotatable bonds is 5. The zero-order valence-electron chi connectivity index (χ0n) is 9.59. The Kier molecular flexibility index (Phi) is 4.16. The van der Waals surface area contributed by atoms with Gasteiger partial charge in [0.05, 0.1) is 13.4 Å². The second-order valence-electron chi connectivity index (χ2n) is 3.36. The van der Waals surface area contributed by atoms with E-state index < -0.39 is 5.97 Å². The number of carbonyl (C=O) groups is 1. The smallest absolute Gasteiger partial charge is 0.351 e. The van der Waals surface area contributed by atoms with E-state index in [1.54, 1.807) is 12.5 Å². The number of halogens is 1. The van der Waals surface area contributed by atoms with E-state index in [1.165, 1.54) is 18.4 Å². The van der Waals surface area contributed by atoms with E-state index >= 15 is 0 Å². The second-order valence-corrected chi connectivity index (χ2v) is 4.71. The number of aromatic nitrogens is 3. The van der Waals surface area contributed by atoms with Gasteiger partial charge in [-0.05, 0) is 0 Å². The number of anilines is 1. The second kappa shape index (κ2) is 5.83. The lowest BCUT2D eigenvalue weighted by Crippen LogP contribution is -2.08. The maximum absolute atomic E-state index is 11.3. The van der Waals surface area contributed by atoms with E-state index in [9.17, 15) is 4.79 Å². The summed E-state index contributed by atoms with van der Waals surface area (Å²) in [5.41, 5.74) is 0. The number of esters is 1. The van der Waals surface area contributed by atoms with Crippen molar-refractivity contribution in [1.29, 1.82) is 0 Å². The molecule has 0 atom stereocenters. The van der Waals surface area contributed by atoms with Crippen molar-refractivity contribution < 1.29 is 9.53 Å². The quantitative estimate of drug-likeness (QED) is 0.850. The Morgan fingerprint density at radius 3 is 3.17 bits per heavy atom. The first-order valence-corrected chi connectivity index (χ1v) is 6.34. The molecule has 0 aliphatic carbocycles. The summed E-state index contributed by atoms with van der Waals surface area (Å²) < 4.78 is 6.53. The Bertz CT molecular complexity index is 526. The molecule has 0 unspecified atom stereocenters. The van der Waals surface area contributed by atoms with Gasteiger partial charge < -0.3 is 14.6 Å². The fourth-order valence-electron chi connectivity index (χ4n) is 1.31. The average molecular weight is 287 g/mol. The van der Waals surface area contributed by atoms with Crippen LogP contribution in [0.3, 0.4) is 0 Å². The fraction of sp³-hybridized carbons (Fsp3) is 0.300. The number of thiazole rings is 1. The molecule has 96 valence electrons. The molecule has 2 rings (SSSR count). The summed E-state index contributed by atoms with van der Waals surface area (Å²) in [5, 5.41) is 3.85. The van der Waals surface area contributed by atoms with Gasteiger partial charge in [0.15, 0.2) is 15.2 Å². The number of nitrogens with zero attached hydrogens (tertiary/aromatic N) is 3. The molecule has 0 spiro atoms. The summed E-state index contributed by atoms with van der Waals surface area (Å²) in [6.07, 6.45) is 5.32. The van der Waals surface area contributed by atoms with Crippen LogP contribution in [0.25, 0.3) is 0 Å². The first-order valence-electron chi connectivity index (χ1n) is 5.15. The molecule has 0 aliphatic heterocycles. The highest BCUT2D eigenvalue weighted by atomic mass is 35.5. The summed E-state index contributed by atoms with van der Waals surface area (Å²) in [4.78, 5) is 19.6. The van der Waals surface area contributed by atoms with Gasteiger partial charge in [0.25, 0.3) is 0 Å². The first-order chi connectivity index (χ1) is 8.70. The normalized spacial score (nSPS) is 10.3. The highest BCUT2D eigenvalue weighted by Gasteiger charge is 2.16. The Morgan fingerprint density at radius 2 is 2.50 bits per heavy atom. The zero-order chi connectivity index (χ0) is 13.0. The van der Waals surface area contributed by atoms with Crippen molar-refractivity contribution in [3.63, 3.8) is 0 Å². The third-order valence-electron chi connectivity index (χ3n) is 2.16. The average Bonchev–Trinajstić information content (AvgIpc) is 2.98. The third-order valence-corrected chi connectivity index (χ3v) is 3.54. The molecule has 0 radical (unpaired) electrons. The zero-order valence-corrected chi connectivity index (χ0v) is 11.2. The van der Waals surface area contributed by atoms with Crippen molar-refractivity contribution in [1.82, 2.24) is 14.5 Å². The number of methoxy groups -OCH3 is 1. The van der Waals surface area contributed by atoms with Crippen LogP contribution in [0.5, 0.6) is 0 Å². The molecule has 0 saturated heterocycles. The Balaban J connectivity index is 1.92. The molecule has 2 aromatic heterocycles. The largest absolute Gasteiger partial charge is 0.465 e. The van der Waals surface area contributed by atoms with Crippen LogP contribution in [0.1, 0.15) is 9.67 Å². The molecule has 2 heterocycles. The van der Waals surface area contributed by atoms with Crippen LogP contribution in [0.2, 0.25) is 5.15 Å². The first kappa shape index (κ1) is 12.8. The van der Waals surface area contributed by atoms with Gasteiger partial charge in [-0.15, -0.1) is 0 Å². The minimum Gasteiger partial charge on any atom is -0.465 e. The summed E-state index contributed by atoms with van der Waals surface area (Å²) in [5.74, 6) is -0.472. The number of imidazole rings is 1. The van der Waals surface area contributed by atoms with Gasteiger partial charge in [-0.3, -0.25) is 0 Å². The molecule has 0 bridgehead atoms. The monoisotopic (exact) mass is 286 g/mol. The maximum atomic E-state index is 11.3. The summed E-state index contributed by atoms with van der Waals surface area (Å²) in [7, 11) is 1.31. The molecular weight excluding hydrogens is 276 g/mol. The van der Waals surface area contributed by atoms with Crippen LogP contribution < -0.4 is 5.32 Å². The minimum absolute atomic E-state index is 0.164. The van der Waals surface area contributed by atoms with Crippen LogP contribution in [0, 0.1) is 0 Å². The lowest BCUT2D eigenvalue weighted by Gasteiger charge is -2.02. The van der Waals surface area contributed by atoms with Gasteiger partial charge in [-0.1, -0.05) is 22.9 Å². The lowest BCUT2D eigenvalue weighted by atomic mass is 10.6. The van der Waals surface area contributed by atoms with Crippen LogP contribution in [-0.2, 0) is 11.3 Å². The van der Waals surface area contributed by atoms with Crippen LogP contribution in [-0.4, -0.2) is 34.2 Å². The van der Waals surface area contributed by atoms with Crippen LogP contribution in [0.15, 0.2) is 18.7 Å². The number of ether oxygens (including phenoxy) is 1. The third kappa shape index (κ3) is 2.99. The molecule has 8 heteroatoms. The molecule has 2 aromatic rings. The van der Waals surface area contributed by atoms with E-state index in [1.807, 2.05) is 10.8 Å². The predicted molar refractivity (Wildman–Crippen MR) is 69.2 cm³/mol. The molecule has 0 aliphatic rings. The minimum atomic E-state index is -0.472. The lowest BCUT2D eigenvalue weighted by molar-refractivity contribution is 0.0606. The highest BCUT2D eigenvalue weighted by molar-refractivity contribution is 7.18. The van der Waals surface area contributed by atoms with Gasteiger partial charge >= 0.3 is 5.97 Å². The fourth-order valence-corrected chi connectivity index (χ4v) is 2.44. The molecular formula is C10H11ClN4O2S. The van der Waals surface area contributed by atoms with Crippen LogP contribution in [0.4, 0.5) is 5.13 Å². The topological polar surface area (TPSA) is 69.0 Å². The molecule has 0 saturated carbocycles. The van der Waals surface area contributed by atoms with Crippen molar-refractivity contribution in [3.05, 3.63) is 28.8 Å². The molecule has 18 heavy (non-hydrogen) atoms. The van der Waals surface area contributed by atoms with E-state index in [-0.39, 0.29) is 5.15 Å². The van der Waals surface area contributed by atoms with Crippen LogP contribution >= 0.6 is 22.9 Å². The Hall–Kier alpha value is -1.60. The van der Waals surface area contributed by atoms with Gasteiger partial charge in [-0.2, -0.15) is 0 Å². The van der Waals surface area contributed by atoms with E-state index in [0.29, 0.717) is 16.6 Å². The number of hydrogen-bond acceptors (Lipinski definition) is 6. The standard InChI is InChI=1S/C10H11ClN4O2S/c1-17-9(16)7-8(11)14-10(18-7)13-3-5-15-4-2-12-6-15/h2,4,6H,3,5H2,1H3,(H,13,14). The molecule has 0 aromatic carbocycles. The molecule has 0 fully saturated rings. The Morgan fingerprint density at radius 1 is 1.67 bits per heavy atom. The van der Waals surface area contributed by atoms with Gasteiger partial charge in [0, 0.05) is 25.5 Å². The summed E-state index contributed by atoms with van der Waals surface area (Å²) in [6, 6.07) is 0. The SMILES string of the molecule is COC(=O)c1sc(NCCn2ccnc2)nc1Cl. The van der Waals surface area contributed by atoms with Gasteiger partial charge in [-0.25, -0.2) is 14.8 Å². The summed E-state index contributed by atoms with van der Waals surface area (Å²) in [6.45, 7) is 1.42. The van der Waals surface area contributed by atoms with Crippen molar-refractivity contribution in [2.45, 2.75) is 6.54 Å². The van der Waals surface area contributed by atoms with Crippen molar-refractivity contribution in [2.24, 2.45) is 0 Å². The maximum Gasteiger partial charge on any atom is 0.351 e. The van der Waals surface area contributed by atoms with Crippen molar-refractivity contribution >= 4 is 34.0 Å². The highest BCUT2D eigenvalue weighted by Crippen LogP contribution is 2.27. The molecule has 0 amide bonds. The van der Waals surface area contributed by atoms with Gasteiger partial charge in [0.1, 0.15) is 0 Å². The summed E-state index contributed by atoms with van der Waals surface area (Å²) >= 11 is 7.02. The number of nitrogens with one attached hydrogen (secondary N) is 1. The van der Waals surface area contributed by atoms with Gasteiger partial charge in [0.2, 0.25) is 0 Å². The molecule has 1 N–H and O–H groups in total. The predicted octanol–water partition coefficient (Wildman–Crippen LogP) is 1.89. The van der Waals surface area contributed by atoms with E-state index in [4.69, 9.17) is 11.6 Å². The number of carbonyl (C=O) groups excluding carboxylic acids is 1. The molecule has 6 nitrogen and oxygen atoms in total. The van der Waals surface area contributed by atoms with Crippen molar-refractivity contribution in [3.8, 4) is 0 Å². The number of hydrogen-bond donors (Lipinski definition) is 1. The Labute approximate surface area is 113 Å². The van der Waals surface area contributed by atoms with E-state index in [2.05, 4.69) is 20.0 Å².